The number of aromatic nitrogens is 2. The molecule has 0 unspecified atom stereocenters. The highest BCUT2D eigenvalue weighted by Crippen LogP contribution is 2.32. The van der Waals surface area contributed by atoms with Crippen LogP contribution >= 0.6 is 23.4 Å². The summed E-state index contributed by atoms with van der Waals surface area (Å²) in [6.45, 7) is 2.00. The molecule has 12 heteroatoms. The number of amides is 3. The lowest BCUT2D eigenvalue weighted by Crippen LogP contribution is -2.35. The summed E-state index contributed by atoms with van der Waals surface area (Å²) in [5.74, 6) is -1.25. The fourth-order valence-electron chi connectivity index (χ4n) is 2.68. The number of halogens is 4. The number of benzene rings is 2. The summed E-state index contributed by atoms with van der Waals surface area (Å²) < 4.78 is 39.9. The van der Waals surface area contributed by atoms with E-state index in [9.17, 15) is 22.8 Å². The number of hydrogen-bond acceptors (Lipinski definition) is 6. The Morgan fingerprint density at radius 2 is 1.76 bits per heavy atom. The Bertz CT molecular complexity index is 1180. The quantitative estimate of drug-likeness (QED) is 0.271. The van der Waals surface area contributed by atoms with Gasteiger partial charge in [-0.25, -0.2) is 14.8 Å². The van der Waals surface area contributed by atoms with Crippen LogP contribution in [0.4, 0.5) is 35.2 Å². The Labute approximate surface area is 202 Å². The van der Waals surface area contributed by atoms with Gasteiger partial charge in [-0.2, -0.15) is 13.2 Å². The van der Waals surface area contributed by atoms with E-state index in [0.717, 1.165) is 18.1 Å². The first kappa shape index (κ1) is 25.3. The molecule has 0 saturated heterocycles. The maximum atomic E-state index is 13.3. The van der Waals surface area contributed by atoms with Crippen molar-refractivity contribution in [3.8, 4) is 0 Å². The van der Waals surface area contributed by atoms with Crippen LogP contribution in [-0.4, -0.2) is 27.7 Å². The molecule has 0 radical (unpaired) electrons. The van der Waals surface area contributed by atoms with Gasteiger partial charge in [-0.05, 0) is 36.2 Å². The molecule has 0 aliphatic carbocycles. The van der Waals surface area contributed by atoms with Crippen molar-refractivity contribution in [2.75, 3.05) is 16.4 Å². The van der Waals surface area contributed by atoms with Crippen molar-refractivity contribution in [3.63, 3.8) is 0 Å². The van der Waals surface area contributed by atoms with Crippen molar-refractivity contribution in [2.24, 2.45) is 0 Å². The fourth-order valence-corrected chi connectivity index (χ4v) is 3.52. The van der Waals surface area contributed by atoms with Gasteiger partial charge in [0, 0.05) is 11.8 Å². The van der Waals surface area contributed by atoms with E-state index in [0.29, 0.717) is 28.2 Å². The summed E-state index contributed by atoms with van der Waals surface area (Å²) in [5, 5.41) is 7.34. The molecule has 3 N–H and O–H groups in total. The first-order valence-electron chi connectivity index (χ1n) is 9.94. The summed E-state index contributed by atoms with van der Waals surface area (Å²) in [4.78, 5) is 31.6. The average Bonchev–Trinajstić information content (AvgIpc) is 2.79. The molecule has 3 aromatic rings. The smallest absolute Gasteiger partial charge is 0.339 e. The molecule has 3 amide bonds. The highest BCUT2D eigenvalue weighted by Gasteiger charge is 2.34. The molecular weight excluding hydrogens is 491 g/mol. The molecule has 34 heavy (non-hydrogen) atoms. The first-order chi connectivity index (χ1) is 16.1. The minimum absolute atomic E-state index is 0.147. The van der Waals surface area contributed by atoms with Gasteiger partial charge >= 0.3 is 12.2 Å². The number of carbonyl (C=O) groups excluding carboxylic acids is 2. The molecule has 1 aromatic heterocycles. The summed E-state index contributed by atoms with van der Waals surface area (Å²) in [7, 11) is 0. The predicted octanol–water partition coefficient (Wildman–Crippen LogP) is 5.90. The number of anilines is 3. The van der Waals surface area contributed by atoms with Gasteiger partial charge in [0.2, 0.25) is 5.91 Å². The molecule has 7 nitrogen and oxygen atoms in total. The zero-order chi connectivity index (χ0) is 24.7. The number of nitrogens with zero attached hydrogens (tertiary/aromatic N) is 2. The van der Waals surface area contributed by atoms with Crippen molar-refractivity contribution in [1.82, 2.24) is 15.3 Å². The summed E-state index contributed by atoms with van der Waals surface area (Å²) >= 11 is 6.70. The number of nitrogens with one attached hydrogen (secondary N) is 3. The minimum Gasteiger partial charge on any atom is -0.339 e. The summed E-state index contributed by atoms with van der Waals surface area (Å²) in [5.41, 5.74) is 0.746. The maximum Gasteiger partial charge on any atom is 0.433 e. The molecule has 1 heterocycles. The lowest BCUT2D eigenvalue weighted by molar-refractivity contribution is -0.141. The molecule has 3 rings (SSSR count). The van der Waals surface area contributed by atoms with E-state index in [1.165, 1.54) is 0 Å². The van der Waals surface area contributed by atoms with Crippen LogP contribution in [0.1, 0.15) is 18.2 Å². The number of thioether (sulfide) groups is 1. The highest BCUT2D eigenvalue weighted by atomic mass is 35.5. The molecule has 0 aliphatic rings. The van der Waals surface area contributed by atoms with Gasteiger partial charge in [0.15, 0.2) is 10.9 Å². The molecule has 178 valence electrons. The van der Waals surface area contributed by atoms with E-state index in [-0.39, 0.29) is 16.7 Å². The Morgan fingerprint density at radius 1 is 1.06 bits per heavy atom. The second kappa shape index (κ2) is 11.2. The first-order valence-corrected chi connectivity index (χ1v) is 11.3. The monoisotopic (exact) mass is 509 g/mol. The lowest BCUT2D eigenvalue weighted by atomic mass is 10.1. The molecular formula is C22H19ClF3N5O2S. The number of alkyl halides is 3. The van der Waals surface area contributed by atoms with Gasteiger partial charge in [-0.15, -0.1) is 0 Å². The number of rotatable bonds is 7. The van der Waals surface area contributed by atoms with Crippen LogP contribution in [-0.2, 0) is 17.4 Å². The Balaban J connectivity index is 1.64. The zero-order valence-electron chi connectivity index (χ0n) is 17.7. The van der Waals surface area contributed by atoms with E-state index in [4.69, 9.17) is 11.6 Å². The summed E-state index contributed by atoms with van der Waals surface area (Å²) in [6, 6.07) is 13.5. The van der Waals surface area contributed by atoms with Crippen molar-refractivity contribution in [3.05, 3.63) is 70.9 Å². The van der Waals surface area contributed by atoms with E-state index in [1.54, 1.807) is 36.4 Å². The minimum atomic E-state index is -4.73. The van der Waals surface area contributed by atoms with Gasteiger partial charge in [-0.3, -0.25) is 10.1 Å². The van der Waals surface area contributed by atoms with Crippen molar-refractivity contribution in [1.29, 1.82) is 0 Å². The van der Waals surface area contributed by atoms with Gasteiger partial charge in [-0.1, -0.05) is 54.6 Å². The third-order valence-corrected chi connectivity index (χ3v) is 5.51. The van der Waals surface area contributed by atoms with E-state index < -0.39 is 23.8 Å². The largest absolute Gasteiger partial charge is 0.433 e. The normalized spacial score (nSPS) is 11.1. The van der Waals surface area contributed by atoms with Crippen LogP contribution in [0.5, 0.6) is 0 Å². The molecule has 0 saturated carbocycles. The van der Waals surface area contributed by atoms with Crippen LogP contribution < -0.4 is 16.0 Å². The zero-order valence-corrected chi connectivity index (χ0v) is 19.3. The molecule has 0 atom stereocenters. The Morgan fingerprint density at radius 3 is 2.41 bits per heavy atom. The van der Waals surface area contributed by atoms with Crippen LogP contribution in [0.25, 0.3) is 0 Å². The SMILES string of the molecule is CCc1ccc(NC(=O)NC(=O)CSc2nc(Nc3ccccc3Cl)cc(C(F)(F)F)n2)cc1. The van der Waals surface area contributed by atoms with Crippen LogP contribution in [0.3, 0.4) is 0 Å². The molecule has 0 fully saturated rings. The maximum absolute atomic E-state index is 13.3. The lowest BCUT2D eigenvalue weighted by Gasteiger charge is -2.12. The second-order valence-electron chi connectivity index (χ2n) is 6.87. The second-order valence-corrected chi connectivity index (χ2v) is 8.21. The summed E-state index contributed by atoms with van der Waals surface area (Å²) in [6.07, 6.45) is -3.89. The van der Waals surface area contributed by atoms with E-state index in [1.807, 2.05) is 19.1 Å². The van der Waals surface area contributed by atoms with Crippen molar-refractivity contribution in [2.45, 2.75) is 24.7 Å². The molecule has 0 bridgehead atoms. The number of para-hydroxylation sites is 1. The average molecular weight is 510 g/mol. The third kappa shape index (κ3) is 7.35. The predicted molar refractivity (Wildman–Crippen MR) is 125 cm³/mol. The van der Waals surface area contributed by atoms with Gasteiger partial charge < -0.3 is 10.6 Å². The molecule has 0 spiro atoms. The number of aryl methyl sites for hydroxylation is 1. The number of hydrogen-bond donors (Lipinski definition) is 3. The standard InChI is InChI=1S/C22H19ClF3N5O2S/c1-2-13-7-9-14(10-8-13)27-20(33)31-19(32)12-34-21-29-17(22(24,25)26)11-18(30-21)28-16-6-4-3-5-15(16)23/h3-11H,2,12H2,1H3,(H,28,29,30)(H2,27,31,32,33). The Kier molecular flexibility index (Phi) is 8.35. The van der Waals surface area contributed by atoms with Crippen LogP contribution in [0.2, 0.25) is 5.02 Å². The van der Waals surface area contributed by atoms with Gasteiger partial charge in [0.1, 0.15) is 5.82 Å². The van der Waals surface area contributed by atoms with Crippen LogP contribution in [0.15, 0.2) is 59.8 Å². The molecule has 0 aliphatic heterocycles. The number of imide groups is 1. The number of carbonyl (C=O) groups is 2. The Hall–Kier alpha value is -3.31. The topological polar surface area (TPSA) is 96.0 Å². The van der Waals surface area contributed by atoms with E-state index in [2.05, 4.69) is 25.9 Å². The van der Waals surface area contributed by atoms with Gasteiger partial charge in [0.05, 0.1) is 16.5 Å². The highest BCUT2D eigenvalue weighted by molar-refractivity contribution is 7.99. The fraction of sp³-hybridized carbons (Fsp3) is 0.182. The third-order valence-electron chi connectivity index (χ3n) is 4.34. The van der Waals surface area contributed by atoms with Crippen molar-refractivity contribution >= 4 is 52.5 Å². The molecule has 2 aromatic carbocycles. The van der Waals surface area contributed by atoms with E-state index >= 15 is 0 Å². The van der Waals surface area contributed by atoms with Crippen LogP contribution in [0, 0.1) is 0 Å². The number of urea groups is 1. The van der Waals surface area contributed by atoms with Gasteiger partial charge in [0.25, 0.3) is 0 Å². The van der Waals surface area contributed by atoms with Crippen molar-refractivity contribution < 1.29 is 22.8 Å².